The Bertz CT molecular complexity index is 902. The van der Waals surface area contributed by atoms with Gasteiger partial charge in [0.1, 0.15) is 21.0 Å². The van der Waals surface area contributed by atoms with Crippen molar-refractivity contribution in [1.29, 1.82) is 0 Å². The number of hydrogen-bond acceptors (Lipinski definition) is 4. The molecule has 2 aliphatic carbocycles. The van der Waals surface area contributed by atoms with Gasteiger partial charge in [-0.2, -0.15) is 0 Å². The fourth-order valence-corrected chi connectivity index (χ4v) is 9.56. The summed E-state index contributed by atoms with van der Waals surface area (Å²) in [7, 11) is 0. The third-order valence-electron chi connectivity index (χ3n) is 9.01. The number of esters is 2. The van der Waals surface area contributed by atoms with Crippen LogP contribution in [0.4, 0.5) is 0 Å². The van der Waals surface area contributed by atoms with Gasteiger partial charge in [-0.05, 0) is 27.7 Å². The molecular formula is C25H36Cl6N2O4+2. The number of hydrogen-bond donors (Lipinski definition) is 2. The standard InChI is InChI=1S/C25H34Cl6N2O4/c1-21(2,13-5-9-32-10-6-13)36-19(34)15-16(20(35)37-22(3,4)14-7-11-33-12-8-14)24(29)18(27)17(26)23(15,28)25(24,30)31/h13-16,32-33H,5-12H2,1-4H3/p+2. The zero-order valence-corrected chi connectivity index (χ0v) is 26.1. The van der Waals surface area contributed by atoms with E-state index in [2.05, 4.69) is 10.6 Å². The van der Waals surface area contributed by atoms with Crippen LogP contribution in [0.3, 0.4) is 0 Å². The lowest BCUT2D eigenvalue weighted by Gasteiger charge is -2.41. The molecule has 37 heavy (non-hydrogen) atoms. The van der Waals surface area contributed by atoms with E-state index in [4.69, 9.17) is 79.1 Å². The molecule has 2 heterocycles. The van der Waals surface area contributed by atoms with E-state index in [-0.39, 0.29) is 21.9 Å². The molecule has 12 heteroatoms. The van der Waals surface area contributed by atoms with Crippen molar-refractivity contribution in [3.8, 4) is 0 Å². The van der Waals surface area contributed by atoms with Crippen molar-refractivity contribution in [1.82, 2.24) is 0 Å². The molecule has 4 atom stereocenters. The van der Waals surface area contributed by atoms with Crippen molar-refractivity contribution in [3.05, 3.63) is 10.1 Å². The first-order valence-corrected chi connectivity index (χ1v) is 15.2. The molecule has 0 aromatic heterocycles. The number of ether oxygens (including phenoxy) is 2. The van der Waals surface area contributed by atoms with Gasteiger partial charge in [-0.15, -0.1) is 23.2 Å². The third-order valence-corrected chi connectivity index (χ3v) is 13.3. The lowest BCUT2D eigenvalue weighted by molar-refractivity contribution is -0.666. The minimum atomic E-state index is -2.08. The van der Waals surface area contributed by atoms with Gasteiger partial charge in [-0.25, -0.2) is 0 Å². The number of alkyl halides is 4. The Morgan fingerprint density at radius 1 is 0.703 bits per heavy atom. The SMILES string of the molecule is CC(C)(OC(=O)C1C(C(=O)OC(C)(C)C2CC[NH2+]CC2)C2(Cl)C(Cl)=C(Cl)C1(Cl)C2(Cl)Cl)C1CC[NH2+]CC1. The molecule has 2 saturated heterocycles. The van der Waals surface area contributed by atoms with Gasteiger partial charge >= 0.3 is 11.9 Å². The van der Waals surface area contributed by atoms with E-state index < -0.39 is 49.1 Å². The Hall–Kier alpha value is 0.340. The van der Waals surface area contributed by atoms with Crippen molar-refractivity contribution < 1.29 is 29.7 Å². The second kappa shape index (κ2) is 10.3. The Balaban J connectivity index is 1.70. The van der Waals surface area contributed by atoms with Crippen LogP contribution in [0.5, 0.6) is 0 Å². The molecule has 6 nitrogen and oxygen atoms in total. The van der Waals surface area contributed by atoms with Crippen LogP contribution in [-0.4, -0.2) is 63.4 Å². The molecule has 3 fully saturated rings. The number of halogens is 6. The first-order valence-electron chi connectivity index (χ1n) is 12.9. The third kappa shape index (κ3) is 4.62. The molecule has 0 radical (unpaired) electrons. The zero-order chi connectivity index (χ0) is 27.6. The van der Waals surface area contributed by atoms with E-state index >= 15 is 0 Å². The second-order valence-corrected chi connectivity index (χ2v) is 15.2. The zero-order valence-electron chi connectivity index (χ0n) is 21.5. The summed E-state index contributed by atoms with van der Waals surface area (Å²) >= 11 is 40.7. The van der Waals surface area contributed by atoms with Gasteiger partial charge in [0, 0.05) is 37.5 Å². The maximum atomic E-state index is 13.9. The number of allylic oxidation sites excluding steroid dienone is 2. The van der Waals surface area contributed by atoms with E-state index in [1.807, 2.05) is 27.7 Å². The molecule has 2 bridgehead atoms. The van der Waals surface area contributed by atoms with E-state index in [9.17, 15) is 9.59 Å². The summed E-state index contributed by atoms with van der Waals surface area (Å²) < 4.78 is 10.1. The summed E-state index contributed by atoms with van der Waals surface area (Å²) in [6.45, 7) is 11.2. The lowest BCUT2D eigenvalue weighted by Crippen LogP contribution is -2.86. The van der Waals surface area contributed by atoms with E-state index in [0.29, 0.717) is 0 Å². The molecule has 0 aromatic carbocycles. The molecule has 210 valence electrons. The normalized spacial score (nSPS) is 35.1. The van der Waals surface area contributed by atoms with Gasteiger partial charge in [0.05, 0.1) is 48.1 Å². The molecule has 2 aliphatic heterocycles. The van der Waals surface area contributed by atoms with Crippen LogP contribution in [0.2, 0.25) is 0 Å². The highest BCUT2D eigenvalue weighted by molar-refractivity contribution is 6.66. The number of carbonyl (C=O) groups is 2. The Morgan fingerprint density at radius 3 is 1.30 bits per heavy atom. The van der Waals surface area contributed by atoms with Crippen molar-refractivity contribution in [2.75, 3.05) is 26.2 Å². The van der Waals surface area contributed by atoms with Crippen LogP contribution in [0.1, 0.15) is 53.4 Å². The van der Waals surface area contributed by atoms with Crippen molar-refractivity contribution in [2.24, 2.45) is 23.7 Å². The summed E-state index contributed by atoms with van der Waals surface area (Å²) in [5.74, 6) is -4.05. The van der Waals surface area contributed by atoms with Crippen molar-refractivity contribution >= 4 is 81.5 Å². The topological polar surface area (TPSA) is 85.8 Å². The molecule has 0 aromatic rings. The number of carbonyl (C=O) groups excluding carboxylic acids is 2. The minimum Gasteiger partial charge on any atom is -0.459 e. The van der Waals surface area contributed by atoms with Crippen LogP contribution in [-0.2, 0) is 19.1 Å². The molecule has 4 rings (SSSR count). The van der Waals surface area contributed by atoms with Gasteiger partial charge in [0.2, 0.25) is 0 Å². The van der Waals surface area contributed by atoms with Crippen LogP contribution in [0.15, 0.2) is 10.1 Å². The maximum absolute atomic E-state index is 13.9. The molecule has 4 N–H and O–H groups in total. The quantitative estimate of drug-likeness (QED) is 0.343. The number of piperidine rings is 2. The van der Waals surface area contributed by atoms with Crippen molar-refractivity contribution in [2.45, 2.75) is 78.7 Å². The molecular weight excluding hydrogens is 605 g/mol. The molecule has 0 spiro atoms. The Labute approximate surface area is 248 Å². The number of fused-ring (bicyclic) bond motifs is 2. The van der Waals surface area contributed by atoms with Gasteiger partial charge in [-0.1, -0.05) is 46.4 Å². The average Bonchev–Trinajstić information content (AvgIpc) is 3.05. The first-order chi connectivity index (χ1) is 17.0. The summed E-state index contributed by atoms with van der Waals surface area (Å²) in [6, 6.07) is 0. The highest BCUT2D eigenvalue weighted by atomic mass is 35.5. The number of rotatable bonds is 6. The predicted octanol–water partition coefficient (Wildman–Crippen LogP) is 3.65. The lowest BCUT2D eigenvalue weighted by atomic mass is 9.79. The van der Waals surface area contributed by atoms with Gasteiger partial charge < -0.3 is 20.1 Å². The summed E-state index contributed by atoms with van der Waals surface area (Å²) in [6.07, 6.45) is 3.54. The average molecular weight is 641 g/mol. The van der Waals surface area contributed by atoms with Crippen LogP contribution in [0.25, 0.3) is 0 Å². The fourth-order valence-electron chi connectivity index (χ4n) is 6.64. The molecule has 1 saturated carbocycles. The van der Waals surface area contributed by atoms with E-state index in [1.54, 1.807) is 0 Å². The van der Waals surface area contributed by atoms with Crippen LogP contribution >= 0.6 is 69.6 Å². The minimum absolute atomic E-state index is 0.134. The monoisotopic (exact) mass is 638 g/mol. The maximum Gasteiger partial charge on any atom is 0.312 e. The predicted molar refractivity (Wildman–Crippen MR) is 146 cm³/mol. The highest BCUT2D eigenvalue weighted by Gasteiger charge is 2.86. The number of nitrogens with two attached hydrogens (primary N) is 2. The van der Waals surface area contributed by atoms with Crippen LogP contribution in [0, 0.1) is 23.7 Å². The molecule has 4 unspecified atom stereocenters. The molecule has 4 aliphatic rings. The smallest absolute Gasteiger partial charge is 0.312 e. The van der Waals surface area contributed by atoms with Gasteiger partial charge in [0.25, 0.3) is 0 Å². The highest BCUT2D eigenvalue weighted by Crippen LogP contribution is 2.76. The van der Waals surface area contributed by atoms with Gasteiger partial charge in [0.15, 0.2) is 4.33 Å². The first kappa shape index (κ1) is 30.3. The Morgan fingerprint density at radius 2 is 1.00 bits per heavy atom. The van der Waals surface area contributed by atoms with Gasteiger partial charge in [-0.3, -0.25) is 9.59 Å². The fraction of sp³-hybridized carbons (Fsp3) is 0.840. The molecule has 0 amide bonds. The van der Waals surface area contributed by atoms with Crippen LogP contribution < -0.4 is 10.6 Å². The summed E-state index contributed by atoms with van der Waals surface area (Å²) in [5, 5.41) is 4.15. The number of quaternary nitrogens is 2. The van der Waals surface area contributed by atoms with E-state index in [1.165, 1.54) is 0 Å². The van der Waals surface area contributed by atoms with E-state index in [0.717, 1.165) is 51.9 Å². The Kier molecular flexibility index (Phi) is 8.45. The second-order valence-electron chi connectivity index (χ2n) is 11.9. The summed E-state index contributed by atoms with van der Waals surface area (Å²) in [5.41, 5.74) is -1.65. The van der Waals surface area contributed by atoms with Crippen molar-refractivity contribution in [3.63, 3.8) is 0 Å². The summed E-state index contributed by atoms with van der Waals surface area (Å²) in [4.78, 5) is 23.9. The largest absolute Gasteiger partial charge is 0.459 e.